The molecule has 1 atom stereocenters. The minimum absolute atomic E-state index is 0.0867. The zero-order valence-electron chi connectivity index (χ0n) is 17.2. The van der Waals surface area contributed by atoms with E-state index in [1.165, 1.54) is 11.8 Å². The van der Waals surface area contributed by atoms with E-state index in [1.807, 2.05) is 28.5 Å². The normalized spacial score (nSPS) is 16.0. The molecule has 1 saturated heterocycles. The van der Waals surface area contributed by atoms with Crippen molar-refractivity contribution in [1.82, 2.24) is 29.5 Å². The number of carbonyl (C=O) groups is 1. The molecule has 9 heteroatoms. The first-order valence-corrected chi connectivity index (χ1v) is 10.9. The molecule has 29 heavy (non-hydrogen) atoms. The summed E-state index contributed by atoms with van der Waals surface area (Å²) in [6.07, 6.45) is 3.46. The second-order valence-electron chi connectivity index (χ2n) is 7.31. The Kier molecular flexibility index (Phi) is 7.23. The van der Waals surface area contributed by atoms with Crippen molar-refractivity contribution in [3.05, 3.63) is 24.5 Å². The van der Waals surface area contributed by atoms with E-state index >= 15 is 0 Å². The zero-order valence-corrected chi connectivity index (χ0v) is 18.0. The maximum absolute atomic E-state index is 12.7. The van der Waals surface area contributed by atoms with E-state index in [0.29, 0.717) is 18.8 Å². The van der Waals surface area contributed by atoms with Gasteiger partial charge in [0.1, 0.15) is 6.04 Å². The van der Waals surface area contributed by atoms with Gasteiger partial charge in [-0.1, -0.05) is 25.6 Å². The second-order valence-corrected chi connectivity index (χ2v) is 8.25. The van der Waals surface area contributed by atoms with Crippen LogP contribution in [-0.2, 0) is 11.3 Å². The first-order chi connectivity index (χ1) is 14.0. The highest BCUT2D eigenvalue weighted by Crippen LogP contribution is 2.24. The van der Waals surface area contributed by atoms with Crippen molar-refractivity contribution < 1.29 is 4.79 Å². The van der Waals surface area contributed by atoms with Crippen LogP contribution in [0.2, 0.25) is 0 Å². The molecule has 0 unspecified atom stereocenters. The highest BCUT2D eigenvalue weighted by molar-refractivity contribution is 7.99. The lowest BCUT2D eigenvalue weighted by atomic mass is 10.0. The standard InChI is InChI=1S/C20H27N7OS/c1-4-27-19(16-5-7-22-8-6-16)23-24-20(27)29-14-18(28)26-11-9-25(10-12-26)17(13-21)15(2)3/h5-8,15,17H,4,9-12,14H2,1-3H3/t17-/m0/s1. The Bertz CT molecular complexity index is 853. The van der Waals surface area contributed by atoms with Crippen molar-refractivity contribution in [3.8, 4) is 17.5 Å². The van der Waals surface area contributed by atoms with Crippen LogP contribution in [0.15, 0.2) is 29.7 Å². The fourth-order valence-corrected chi connectivity index (χ4v) is 4.42. The molecule has 0 spiro atoms. The maximum atomic E-state index is 12.7. The number of hydrogen-bond donors (Lipinski definition) is 0. The van der Waals surface area contributed by atoms with Crippen LogP contribution in [0.5, 0.6) is 0 Å². The molecule has 3 rings (SSSR count). The van der Waals surface area contributed by atoms with Gasteiger partial charge in [0.15, 0.2) is 11.0 Å². The van der Waals surface area contributed by atoms with E-state index in [4.69, 9.17) is 0 Å². The van der Waals surface area contributed by atoms with Gasteiger partial charge in [-0.05, 0) is 25.0 Å². The molecule has 8 nitrogen and oxygen atoms in total. The highest BCUT2D eigenvalue weighted by atomic mass is 32.2. The lowest BCUT2D eigenvalue weighted by Crippen LogP contribution is -2.53. The molecule has 0 saturated carbocycles. The number of thioether (sulfide) groups is 1. The summed E-state index contributed by atoms with van der Waals surface area (Å²) in [6.45, 7) is 9.69. The summed E-state index contributed by atoms with van der Waals surface area (Å²) in [5.74, 6) is 1.51. The number of nitrogens with zero attached hydrogens (tertiary/aromatic N) is 7. The van der Waals surface area contributed by atoms with Gasteiger partial charge in [-0.15, -0.1) is 10.2 Å². The van der Waals surface area contributed by atoms with Crippen molar-refractivity contribution in [2.24, 2.45) is 5.92 Å². The predicted molar refractivity (Wildman–Crippen MR) is 112 cm³/mol. The summed E-state index contributed by atoms with van der Waals surface area (Å²) in [5.41, 5.74) is 0.959. The number of amides is 1. The van der Waals surface area contributed by atoms with Crippen molar-refractivity contribution in [1.29, 1.82) is 5.26 Å². The molecular formula is C20H27N7OS. The average molecular weight is 414 g/mol. The van der Waals surface area contributed by atoms with Crippen LogP contribution in [0.4, 0.5) is 0 Å². The Morgan fingerprint density at radius 2 is 1.90 bits per heavy atom. The highest BCUT2D eigenvalue weighted by Gasteiger charge is 2.28. The molecule has 1 amide bonds. The minimum atomic E-state index is -0.0867. The van der Waals surface area contributed by atoms with Gasteiger partial charge in [0, 0.05) is 50.7 Å². The molecule has 154 valence electrons. The largest absolute Gasteiger partial charge is 0.339 e. The topological polar surface area (TPSA) is 90.9 Å². The van der Waals surface area contributed by atoms with Gasteiger partial charge in [0.2, 0.25) is 5.91 Å². The number of piperazine rings is 1. The monoisotopic (exact) mass is 413 g/mol. The third-order valence-corrected chi connectivity index (χ3v) is 6.07. The van der Waals surface area contributed by atoms with Gasteiger partial charge in [-0.3, -0.25) is 14.7 Å². The lowest BCUT2D eigenvalue weighted by Gasteiger charge is -2.38. The fourth-order valence-electron chi connectivity index (χ4n) is 3.51. The summed E-state index contributed by atoms with van der Waals surface area (Å²) in [7, 11) is 0. The van der Waals surface area contributed by atoms with E-state index in [1.54, 1.807) is 12.4 Å². The summed E-state index contributed by atoms with van der Waals surface area (Å²) < 4.78 is 2.02. The molecule has 2 aromatic heterocycles. The molecule has 0 radical (unpaired) electrons. The summed E-state index contributed by atoms with van der Waals surface area (Å²) in [6, 6.07) is 6.11. The zero-order chi connectivity index (χ0) is 20.8. The number of pyridine rings is 1. The molecular weight excluding hydrogens is 386 g/mol. The third-order valence-electron chi connectivity index (χ3n) is 5.12. The Morgan fingerprint density at radius 3 is 2.48 bits per heavy atom. The first kappa shape index (κ1) is 21.3. The van der Waals surface area contributed by atoms with Crippen LogP contribution in [0.3, 0.4) is 0 Å². The Morgan fingerprint density at radius 1 is 1.21 bits per heavy atom. The molecule has 1 aliphatic rings. The number of aromatic nitrogens is 4. The number of carbonyl (C=O) groups excluding carboxylic acids is 1. The Labute approximate surface area is 175 Å². The SMILES string of the molecule is CCn1c(SCC(=O)N2CCN([C@@H](C#N)C(C)C)CC2)nnc1-c1ccncc1. The Hall–Kier alpha value is -2.44. The van der Waals surface area contributed by atoms with E-state index in [-0.39, 0.29) is 17.9 Å². The third kappa shape index (κ3) is 4.95. The summed E-state index contributed by atoms with van der Waals surface area (Å²) in [5, 5.41) is 18.7. The smallest absolute Gasteiger partial charge is 0.233 e. The average Bonchev–Trinajstić information content (AvgIpc) is 3.16. The maximum Gasteiger partial charge on any atom is 0.233 e. The molecule has 1 fully saturated rings. The van der Waals surface area contributed by atoms with Gasteiger partial charge < -0.3 is 9.47 Å². The van der Waals surface area contributed by atoms with Gasteiger partial charge >= 0.3 is 0 Å². The van der Waals surface area contributed by atoms with E-state index in [9.17, 15) is 10.1 Å². The van der Waals surface area contributed by atoms with Crippen LogP contribution in [0.25, 0.3) is 11.4 Å². The van der Waals surface area contributed by atoms with Crippen molar-refractivity contribution in [2.75, 3.05) is 31.9 Å². The molecule has 2 aromatic rings. The summed E-state index contributed by atoms with van der Waals surface area (Å²) >= 11 is 1.42. The summed E-state index contributed by atoms with van der Waals surface area (Å²) in [4.78, 5) is 20.8. The van der Waals surface area contributed by atoms with Gasteiger partial charge in [0.05, 0.1) is 11.8 Å². The van der Waals surface area contributed by atoms with Crippen LogP contribution in [-0.4, -0.2) is 73.4 Å². The second kappa shape index (κ2) is 9.85. The number of nitriles is 1. The molecule has 1 aliphatic heterocycles. The van der Waals surface area contributed by atoms with Gasteiger partial charge in [-0.25, -0.2) is 0 Å². The first-order valence-electron chi connectivity index (χ1n) is 9.93. The van der Waals surface area contributed by atoms with Crippen LogP contribution < -0.4 is 0 Å². The van der Waals surface area contributed by atoms with E-state index in [2.05, 4.69) is 40.0 Å². The van der Waals surface area contributed by atoms with Crippen molar-refractivity contribution >= 4 is 17.7 Å². The molecule has 0 N–H and O–H groups in total. The van der Waals surface area contributed by atoms with Crippen molar-refractivity contribution in [3.63, 3.8) is 0 Å². The predicted octanol–water partition coefficient (Wildman–Crippen LogP) is 2.14. The Balaban J connectivity index is 1.57. The fraction of sp³-hybridized carbons (Fsp3) is 0.550. The lowest BCUT2D eigenvalue weighted by molar-refractivity contribution is -0.130. The van der Waals surface area contributed by atoms with Gasteiger partial charge in [-0.2, -0.15) is 5.26 Å². The molecule has 3 heterocycles. The molecule has 0 aromatic carbocycles. The molecule has 0 bridgehead atoms. The number of hydrogen-bond acceptors (Lipinski definition) is 7. The van der Waals surface area contributed by atoms with Crippen LogP contribution >= 0.6 is 11.8 Å². The quantitative estimate of drug-likeness (QED) is 0.642. The van der Waals surface area contributed by atoms with Crippen LogP contribution in [0, 0.1) is 17.2 Å². The van der Waals surface area contributed by atoms with E-state index in [0.717, 1.165) is 36.2 Å². The van der Waals surface area contributed by atoms with E-state index < -0.39 is 0 Å². The molecule has 0 aliphatic carbocycles. The van der Waals surface area contributed by atoms with Crippen LogP contribution in [0.1, 0.15) is 20.8 Å². The number of rotatable bonds is 7. The van der Waals surface area contributed by atoms with Crippen molar-refractivity contribution in [2.45, 2.75) is 38.5 Å². The minimum Gasteiger partial charge on any atom is -0.339 e. The van der Waals surface area contributed by atoms with Gasteiger partial charge in [0.25, 0.3) is 0 Å².